The molecular formula is C13H18N4O2S. The summed E-state index contributed by atoms with van der Waals surface area (Å²) >= 11 is 0. The van der Waals surface area contributed by atoms with Gasteiger partial charge in [0.05, 0.1) is 11.0 Å². The molecular weight excluding hydrogens is 276 g/mol. The van der Waals surface area contributed by atoms with Crippen LogP contribution in [-0.4, -0.2) is 37.5 Å². The van der Waals surface area contributed by atoms with E-state index in [0.29, 0.717) is 12.1 Å². The minimum absolute atomic E-state index is 0.0190. The Morgan fingerprint density at radius 2 is 2.15 bits per heavy atom. The molecule has 0 radical (unpaired) electrons. The van der Waals surface area contributed by atoms with Crippen molar-refractivity contribution in [2.45, 2.75) is 30.5 Å². The van der Waals surface area contributed by atoms with Gasteiger partial charge in [-0.15, -0.1) is 0 Å². The number of hydrogen-bond donors (Lipinski definition) is 3. The fourth-order valence-corrected chi connectivity index (χ4v) is 3.45. The first-order valence-corrected chi connectivity index (χ1v) is 8.31. The number of piperidine rings is 1. The van der Waals surface area contributed by atoms with E-state index in [2.05, 4.69) is 20.0 Å². The summed E-state index contributed by atoms with van der Waals surface area (Å²) < 4.78 is 27.0. The summed E-state index contributed by atoms with van der Waals surface area (Å²) in [6.07, 6.45) is 3.31. The van der Waals surface area contributed by atoms with Crippen molar-refractivity contribution in [1.29, 1.82) is 0 Å². The zero-order valence-corrected chi connectivity index (χ0v) is 11.9. The van der Waals surface area contributed by atoms with Crippen molar-refractivity contribution >= 4 is 21.1 Å². The van der Waals surface area contributed by atoms with Crippen LogP contribution in [0, 0.1) is 0 Å². The van der Waals surface area contributed by atoms with Gasteiger partial charge in [0.1, 0.15) is 0 Å². The molecule has 3 rings (SSSR count). The van der Waals surface area contributed by atoms with Gasteiger partial charge in [0.25, 0.3) is 10.0 Å². The number of H-pyrrole nitrogens is 1. The molecule has 2 aromatic rings. The number of sulfonamides is 1. The normalized spacial score (nSPS) is 20.3. The van der Waals surface area contributed by atoms with Gasteiger partial charge in [0, 0.05) is 12.6 Å². The molecule has 1 atom stereocenters. The molecule has 1 aromatic carbocycles. The van der Waals surface area contributed by atoms with Gasteiger partial charge in [0.2, 0.25) is 5.16 Å². The van der Waals surface area contributed by atoms with E-state index in [-0.39, 0.29) is 11.2 Å². The Labute approximate surface area is 118 Å². The van der Waals surface area contributed by atoms with Crippen molar-refractivity contribution < 1.29 is 8.42 Å². The maximum atomic E-state index is 12.2. The van der Waals surface area contributed by atoms with Gasteiger partial charge in [-0.05, 0) is 31.5 Å². The first-order valence-electron chi connectivity index (χ1n) is 6.83. The molecule has 20 heavy (non-hydrogen) atoms. The van der Waals surface area contributed by atoms with Crippen molar-refractivity contribution in [3.63, 3.8) is 0 Å². The van der Waals surface area contributed by atoms with E-state index in [1.807, 2.05) is 18.2 Å². The molecule has 7 heteroatoms. The predicted octanol–water partition coefficient (Wildman–Crippen LogP) is 0.983. The number of fused-ring (bicyclic) bond motifs is 1. The van der Waals surface area contributed by atoms with E-state index in [9.17, 15) is 8.42 Å². The number of nitrogens with zero attached hydrogens (tertiary/aromatic N) is 1. The van der Waals surface area contributed by atoms with Gasteiger partial charge in [-0.25, -0.2) is 18.1 Å². The lowest BCUT2D eigenvalue weighted by molar-refractivity contribution is 0.398. The average molecular weight is 294 g/mol. The van der Waals surface area contributed by atoms with Crippen LogP contribution >= 0.6 is 0 Å². The van der Waals surface area contributed by atoms with Crippen LogP contribution in [0.2, 0.25) is 0 Å². The van der Waals surface area contributed by atoms with Crippen LogP contribution < -0.4 is 10.0 Å². The molecule has 3 N–H and O–H groups in total. The third-order valence-electron chi connectivity index (χ3n) is 3.55. The second kappa shape index (κ2) is 5.51. The average Bonchev–Trinajstić information content (AvgIpc) is 2.91. The van der Waals surface area contributed by atoms with E-state index >= 15 is 0 Å². The number of benzene rings is 1. The summed E-state index contributed by atoms with van der Waals surface area (Å²) in [5.74, 6) is 0. The van der Waals surface area contributed by atoms with Crippen LogP contribution in [0.4, 0.5) is 0 Å². The Balaban J connectivity index is 1.73. The topological polar surface area (TPSA) is 86.9 Å². The lowest BCUT2D eigenvalue weighted by Gasteiger charge is -2.23. The summed E-state index contributed by atoms with van der Waals surface area (Å²) in [7, 11) is -3.58. The Morgan fingerprint density at radius 1 is 1.30 bits per heavy atom. The number of rotatable bonds is 4. The zero-order chi connectivity index (χ0) is 14.0. The van der Waals surface area contributed by atoms with Gasteiger partial charge in [-0.3, -0.25) is 0 Å². The second-order valence-electron chi connectivity index (χ2n) is 5.06. The van der Waals surface area contributed by atoms with Crippen LogP contribution in [0.1, 0.15) is 19.3 Å². The molecule has 108 valence electrons. The molecule has 0 amide bonds. The highest BCUT2D eigenvalue weighted by Crippen LogP contribution is 2.14. The monoisotopic (exact) mass is 294 g/mol. The molecule has 6 nitrogen and oxygen atoms in total. The van der Waals surface area contributed by atoms with E-state index in [0.717, 1.165) is 31.3 Å². The lowest BCUT2D eigenvalue weighted by atomic mass is 10.1. The van der Waals surface area contributed by atoms with E-state index < -0.39 is 10.0 Å². The summed E-state index contributed by atoms with van der Waals surface area (Å²) in [5.41, 5.74) is 1.38. The standard InChI is InChI=1S/C13H18N4O2S/c18-20(19,15-9-10-5-3-4-8-14-10)13-16-11-6-1-2-7-12(11)17-13/h1-2,6-7,10,14-15H,3-5,8-9H2,(H,16,17)/t10-/m0/s1. The number of nitrogens with one attached hydrogen (secondary N) is 3. The smallest absolute Gasteiger partial charge is 0.274 e. The lowest BCUT2D eigenvalue weighted by Crippen LogP contribution is -2.43. The van der Waals surface area contributed by atoms with Crippen molar-refractivity contribution in [1.82, 2.24) is 20.0 Å². The maximum Gasteiger partial charge on any atom is 0.274 e. The number of imidazole rings is 1. The number of para-hydroxylation sites is 2. The summed E-state index contributed by atoms with van der Waals surface area (Å²) in [6, 6.07) is 7.48. The Hall–Kier alpha value is -1.44. The maximum absolute atomic E-state index is 12.2. The largest absolute Gasteiger partial charge is 0.328 e. The van der Waals surface area contributed by atoms with Crippen molar-refractivity contribution in [2.75, 3.05) is 13.1 Å². The second-order valence-corrected chi connectivity index (χ2v) is 6.74. The van der Waals surface area contributed by atoms with Crippen molar-refractivity contribution in [3.8, 4) is 0 Å². The fourth-order valence-electron chi connectivity index (χ4n) is 2.43. The zero-order valence-electron chi connectivity index (χ0n) is 11.1. The highest BCUT2D eigenvalue weighted by Gasteiger charge is 2.21. The minimum Gasteiger partial charge on any atom is -0.328 e. The molecule has 1 aromatic heterocycles. The molecule has 0 bridgehead atoms. The number of hydrogen-bond acceptors (Lipinski definition) is 4. The Kier molecular flexibility index (Phi) is 3.73. The van der Waals surface area contributed by atoms with Crippen LogP contribution in [0.15, 0.2) is 29.4 Å². The van der Waals surface area contributed by atoms with Crippen LogP contribution in [0.25, 0.3) is 11.0 Å². The third-order valence-corrected chi connectivity index (χ3v) is 4.80. The molecule has 0 spiro atoms. The van der Waals surface area contributed by atoms with Crippen LogP contribution in [0.3, 0.4) is 0 Å². The predicted molar refractivity (Wildman–Crippen MR) is 76.9 cm³/mol. The molecule has 0 saturated carbocycles. The molecule has 1 aliphatic heterocycles. The van der Waals surface area contributed by atoms with Gasteiger partial charge >= 0.3 is 0 Å². The molecule has 1 saturated heterocycles. The van der Waals surface area contributed by atoms with E-state index in [1.54, 1.807) is 6.07 Å². The molecule has 2 heterocycles. The van der Waals surface area contributed by atoms with Crippen LogP contribution in [0.5, 0.6) is 0 Å². The van der Waals surface area contributed by atoms with E-state index in [1.165, 1.54) is 0 Å². The molecule has 0 unspecified atom stereocenters. The summed E-state index contributed by atoms with van der Waals surface area (Å²) in [6.45, 7) is 1.36. The SMILES string of the molecule is O=S(=O)(NC[C@@H]1CCCCN1)c1nc2ccccc2[nH]1. The van der Waals surface area contributed by atoms with Gasteiger partial charge < -0.3 is 10.3 Å². The van der Waals surface area contributed by atoms with Crippen molar-refractivity contribution in [3.05, 3.63) is 24.3 Å². The van der Waals surface area contributed by atoms with Crippen molar-refractivity contribution in [2.24, 2.45) is 0 Å². The molecule has 1 fully saturated rings. The highest BCUT2D eigenvalue weighted by atomic mass is 32.2. The van der Waals surface area contributed by atoms with Gasteiger partial charge in [-0.1, -0.05) is 18.6 Å². The number of aromatic amines is 1. The summed E-state index contributed by atoms with van der Waals surface area (Å²) in [4.78, 5) is 6.96. The highest BCUT2D eigenvalue weighted by molar-refractivity contribution is 7.89. The summed E-state index contributed by atoms with van der Waals surface area (Å²) in [5, 5.41) is 3.29. The first-order chi connectivity index (χ1) is 9.65. The van der Waals surface area contributed by atoms with Gasteiger partial charge in [0.15, 0.2) is 0 Å². The quantitative estimate of drug-likeness (QED) is 0.784. The minimum atomic E-state index is -3.58. The van der Waals surface area contributed by atoms with Crippen LogP contribution in [-0.2, 0) is 10.0 Å². The molecule has 0 aliphatic carbocycles. The number of aromatic nitrogens is 2. The molecule has 1 aliphatic rings. The van der Waals surface area contributed by atoms with E-state index in [4.69, 9.17) is 0 Å². The Morgan fingerprint density at radius 3 is 2.90 bits per heavy atom. The Bertz CT molecular complexity index is 656. The third kappa shape index (κ3) is 2.84. The fraction of sp³-hybridized carbons (Fsp3) is 0.462. The first kappa shape index (κ1) is 13.5. The van der Waals surface area contributed by atoms with Gasteiger partial charge in [-0.2, -0.15) is 0 Å².